The minimum atomic E-state index is 0. The molecule has 74 valence electrons. The van der Waals surface area contributed by atoms with Crippen LogP contribution in [0, 0.1) is 0 Å². The molecule has 0 aromatic carbocycles. The van der Waals surface area contributed by atoms with Crippen LogP contribution in [0.25, 0.3) is 0 Å². The fourth-order valence-electron chi connectivity index (χ4n) is 1.05. The molecule has 2 aliphatic rings. The van der Waals surface area contributed by atoms with Crippen LogP contribution in [0.4, 0.5) is 0 Å². The molecule has 0 aliphatic carbocycles. The number of hydrogen-bond donors (Lipinski definition) is 2. The summed E-state index contributed by atoms with van der Waals surface area (Å²) in [7, 11) is 0. The van der Waals surface area contributed by atoms with Crippen molar-refractivity contribution in [3.63, 3.8) is 0 Å². The van der Waals surface area contributed by atoms with Gasteiger partial charge in [0.05, 0.1) is 13.1 Å². The van der Waals surface area contributed by atoms with Crippen molar-refractivity contribution >= 4 is 29.9 Å². The van der Waals surface area contributed by atoms with E-state index in [0.29, 0.717) is 13.3 Å². The first-order chi connectivity index (χ1) is 5.95. The smallest absolute Gasteiger partial charge is 0.229 e. The monoisotopic (exact) mass is 297 g/mol. The lowest BCUT2D eigenvalue weighted by Crippen LogP contribution is -2.34. The van der Waals surface area contributed by atoms with E-state index in [4.69, 9.17) is 9.47 Å². The Balaban J connectivity index is 0.000000845. The summed E-state index contributed by atoms with van der Waals surface area (Å²) in [6.45, 7) is 2.72. The Kier molecular flexibility index (Phi) is 4.13. The van der Waals surface area contributed by atoms with Crippen molar-refractivity contribution < 1.29 is 9.47 Å². The first-order valence-corrected chi connectivity index (χ1v) is 3.91. The second-order valence-electron chi connectivity index (χ2n) is 2.52. The Bertz CT molecular complexity index is 206. The summed E-state index contributed by atoms with van der Waals surface area (Å²) in [6, 6.07) is 0. The highest BCUT2D eigenvalue weighted by Gasteiger charge is 2.08. The molecule has 6 heteroatoms. The number of aliphatic imine (C=N–C) groups is 1. The molecule has 0 atom stereocenters. The number of hydrogen-bond acceptors (Lipinski definition) is 5. The van der Waals surface area contributed by atoms with E-state index in [1.165, 1.54) is 0 Å². The van der Waals surface area contributed by atoms with Crippen LogP contribution in [0.15, 0.2) is 17.0 Å². The van der Waals surface area contributed by atoms with Crippen LogP contribution in [-0.2, 0) is 9.47 Å². The lowest BCUT2D eigenvalue weighted by molar-refractivity contribution is 0.0795. The number of nitrogens with zero attached hydrogens (tertiary/aromatic N) is 1. The van der Waals surface area contributed by atoms with Crippen LogP contribution in [0.2, 0.25) is 0 Å². The summed E-state index contributed by atoms with van der Waals surface area (Å²) < 4.78 is 9.99. The van der Waals surface area contributed by atoms with Crippen molar-refractivity contribution in [1.29, 1.82) is 0 Å². The van der Waals surface area contributed by atoms with Gasteiger partial charge in [0.25, 0.3) is 0 Å². The Morgan fingerprint density at radius 3 is 3.15 bits per heavy atom. The fraction of sp³-hybridized carbons (Fsp3) is 0.571. The van der Waals surface area contributed by atoms with Gasteiger partial charge in [-0.15, -0.1) is 24.0 Å². The van der Waals surface area contributed by atoms with E-state index >= 15 is 0 Å². The van der Waals surface area contributed by atoms with Gasteiger partial charge in [-0.1, -0.05) is 0 Å². The Labute approximate surface area is 93.6 Å². The molecule has 2 N–H and O–H groups in total. The molecule has 13 heavy (non-hydrogen) atoms. The first kappa shape index (κ1) is 10.4. The Hall–Kier alpha value is -0.660. The summed E-state index contributed by atoms with van der Waals surface area (Å²) in [5.41, 5.74) is 0. The first-order valence-electron chi connectivity index (χ1n) is 3.91. The second kappa shape index (κ2) is 5.15. The van der Waals surface area contributed by atoms with Crippen molar-refractivity contribution in [2.75, 3.05) is 26.4 Å². The van der Waals surface area contributed by atoms with E-state index in [9.17, 15) is 0 Å². The highest BCUT2D eigenvalue weighted by molar-refractivity contribution is 14.0. The second-order valence-corrected chi connectivity index (χ2v) is 2.52. The molecule has 0 aromatic heterocycles. The molecular weight excluding hydrogens is 285 g/mol. The third-order valence-electron chi connectivity index (χ3n) is 1.63. The molecule has 0 aromatic rings. The van der Waals surface area contributed by atoms with E-state index in [1.807, 2.05) is 0 Å². The molecule has 0 fully saturated rings. The molecule has 0 radical (unpaired) electrons. The zero-order valence-electron chi connectivity index (χ0n) is 7.08. The van der Waals surface area contributed by atoms with E-state index in [2.05, 4.69) is 15.6 Å². The topological polar surface area (TPSA) is 54.9 Å². The molecule has 2 rings (SSSR count). The highest BCUT2D eigenvalue weighted by Crippen LogP contribution is 2.03. The number of rotatable bonds is 2. The number of ether oxygens (including phenoxy) is 2. The van der Waals surface area contributed by atoms with Crippen molar-refractivity contribution in [3.8, 4) is 0 Å². The summed E-state index contributed by atoms with van der Waals surface area (Å²) in [4.78, 5) is 4.17. The standard InChI is InChI=1S/C7H11N3O2.HI/c1-2-9-7(8-1)10-3-6-4-11-5-12-6;/h4H,1-3,5H2,(H2,8,9,10);1H. The average molecular weight is 297 g/mol. The molecule has 0 amide bonds. The van der Waals surface area contributed by atoms with Gasteiger partial charge in [-0.05, 0) is 0 Å². The number of nitrogens with one attached hydrogen (secondary N) is 2. The van der Waals surface area contributed by atoms with Gasteiger partial charge >= 0.3 is 0 Å². The number of guanidine groups is 1. The third kappa shape index (κ3) is 2.94. The van der Waals surface area contributed by atoms with Gasteiger partial charge in [-0.25, -0.2) is 0 Å². The van der Waals surface area contributed by atoms with Gasteiger partial charge in [0.15, 0.2) is 11.7 Å². The molecule has 0 saturated heterocycles. The zero-order valence-corrected chi connectivity index (χ0v) is 9.41. The van der Waals surface area contributed by atoms with Gasteiger partial charge in [-0.2, -0.15) is 0 Å². The fourth-order valence-corrected chi connectivity index (χ4v) is 1.05. The summed E-state index contributed by atoms with van der Waals surface area (Å²) in [5.74, 6) is 1.65. The molecule has 2 heterocycles. The quantitative estimate of drug-likeness (QED) is 0.705. The molecular formula is C7H12IN3O2. The predicted molar refractivity (Wildman–Crippen MR) is 58.8 cm³/mol. The SMILES string of the molecule is C1=C(CNC2=NCCN2)OCO1.I. The zero-order chi connectivity index (χ0) is 8.23. The highest BCUT2D eigenvalue weighted by atomic mass is 127. The van der Waals surface area contributed by atoms with E-state index in [0.717, 1.165) is 24.8 Å². The number of halogens is 1. The van der Waals surface area contributed by atoms with Gasteiger partial charge < -0.3 is 20.1 Å². The van der Waals surface area contributed by atoms with Crippen molar-refractivity contribution in [2.45, 2.75) is 0 Å². The maximum absolute atomic E-state index is 5.11. The van der Waals surface area contributed by atoms with E-state index in [1.54, 1.807) is 6.26 Å². The van der Waals surface area contributed by atoms with Gasteiger partial charge in [0, 0.05) is 6.54 Å². The van der Waals surface area contributed by atoms with Gasteiger partial charge in [0.2, 0.25) is 6.79 Å². The van der Waals surface area contributed by atoms with Crippen LogP contribution in [-0.4, -0.2) is 32.4 Å². The average Bonchev–Trinajstić information content (AvgIpc) is 2.74. The predicted octanol–water partition coefficient (Wildman–Crippen LogP) is -0.00110. The lowest BCUT2D eigenvalue weighted by atomic mass is 10.5. The normalized spacial score (nSPS) is 18.8. The molecule has 5 nitrogen and oxygen atoms in total. The van der Waals surface area contributed by atoms with Crippen LogP contribution in [0.3, 0.4) is 0 Å². The maximum Gasteiger partial charge on any atom is 0.229 e. The summed E-state index contributed by atoms with van der Waals surface area (Å²) >= 11 is 0. The van der Waals surface area contributed by atoms with Crippen LogP contribution in [0.1, 0.15) is 0 Å². The van der Waals surface area contributed by atoms with Crippen molar-refractivity contribution in [1.82, 2.24) is 10.6 Å². The van der Waals surface area contributed by atoms with Crippen molar-refractivity contribution in [2.24, 2.45) is 4.99 Å². The lowest BCUT2D eigenvalue weighted by Gasteiger charge is -2.05. The van der Waals surface area contributed by atoms with E-state index < -0.39 is 0 Å². The summed E-state index contributed by atoms with van der Waals surface area (Å²) in [5, 5.41) is 6.18. The molecule has 0 saturated carbocycles. The Morgan fingerprint density at radius 1 is 1.62 bits per heavy atom. The largest absolute Gasteiger partial charge is 0.462 e. The minimum absolute atomic E-state index is 0. The molecule has 2 aliphatic heterocycles. The van der Waals surface area contributed by atoms with Gasteiger partial charge in [0.1, 0.15) is 6.26 Å². The summed E-state index contributed by atoms with van der Waals surface area (Å²) in [6.07, 6.45) is 1.61. The molecule has 0 bridgehead atoms. The van der Waals surface area contributed by atoms with Crippen LogP contribution < -0.4 is 10.6 Å². The van der Waals surface area contributed by atoms with Crippen molar-refractivity contribution in [3.05, 3.63) is 12.0 Å². The third-order valence-corrected chi connectivity index (χ3v) is 1.63. The molecule has 0 spiro atoms. The molecule has 0 unspecified atom stereocenters. The van der Waals surface area contributed by atoms with Crippen LogP contribution >= 0.6 is 24.0 Å². The maximum atomic E-state index is 5.11. The minimum Gasteiger partial charge on any atom is -0.462 e. The Morgan fingerprint density at radius 2 is 2.54 bits per heavy atom. The van der Waals surface area contributed by atoms with Crippen LogP contribution in [0.5, 0.6) is 0 Å². The van der Waals surface area contributed by atoms with E-state index in [-0.39, 0.29) is 24.0 Å². The van der Waals surface area contributed by atoms with Gasteiger partial charge in [-0.3, -0.25) is 4.99 Å².